The third-order valence-electron chi connectivity index (χ3n) is 5.26. The van der Waals surface area contributed by atoms with Gasteiger partial charge in [-0.3, -0.25) is 9.78 Å². The smallest absolute Gasteiger partial charge is 0.259 e. The van der Waals surface area contributed by atoms with E-state index in [9.17, 15) is 10.1 Å². The molecule has 8 heteroatoms. The Morgan fingerprint density at radius 2 is 2.16 bits per heavy atom. The van der Waals surface area contributed by atoms with Crippen molar-refractivity contribution in [2.75, 3.05) is 7.11 Å². The van der Waals surface area contributed by atoms with Crippen LogP contribution in [0.5, 0.6) is 11.5 Å². The van der Waals surface area contributed by atoms with Crippen molar-refractivity contribution in [3.63, 3.8) is 0 Å². The van der Waals surface area contributed by atoms with Gasteiger partial charge >= 0.3 is 0 Å². The number of methoxy groups -OCH3 is 1. The van der Waals surface area contributed by atoms with Crippen LogP contribution >= 0.6 is 15.9 Å². The molecule has 3 aromatic rings. The lowest BCUT2D eigenvalue weighted by atomic mass is 9.83. The summed E-state index contributed by atoms with van der Waals surface area (Å²) in [4.78, 5) is 17.8. The highest BCUT2D eigenvalue weighted by atomic mass is 79.9. The van der Waals surface area contributed by atoms with Crippen molar-refractivity contribution >= 4 is 15.9 Å². The van der Waals surface area contributed by atoms with E-state index in [-0.39, 0.29) is 17.0 Å². The molecule has 2 N–H and O–H groups in total. The maximum absolute atomic E-state index is 13.7. The number of pyridine rings is 2. The molecule has 0 fully saturated rings. The third-order valence-corrected chi connectivity index (χ3v) is 5.75. The summed E-state index contributed by atoms with van der Waals surface area (Å²) in [5.74, 6) is 0.133. The monoisotopic (exact) mass is 478 g/mol. The minimum absolute atomic E-state index is 0.0224. The second-order valence-electron chi connectivity index (χ2n) is 7.13. The second kappa shape index (κ2) is 8.28. The Kier molecular flexibility index (Phi) is 5.53. The summed E-state index contributed by atoms with van der Waals surface area (Å²) in [7, 11) is 1.54. The summed E-state index contributed by atoms with van der Waals surface area (Å²) < 4.78 is 13.7. The number of aryl methyl sites for hydroxylation is 1. The van der Waals surface area contributed by atoms with Gasteiger partial charge in [0, 0.05) is 34.2 Å². The molecule has 2 aromatic heterocycles. The lowest BCUT2D eigenvalue weighted by molar-refractivity contribution is 0.382. The van der Waals surface area contributed by atoms with E-state index in [1.165, 1.54) is 0 Å². The predicted octanol–water partition coefficient (Wildman–Crippen LogP) is 3.59. The molecule has 0 bridgehead atoms. The van der Waals surface area contributed by atoms with Crippen molar-refractivity contribution in [1.82, 2.24) is 9.55 Å². The van der Waals surface area contributed by atoms with Gasteiger partial charge in [-0.1, -0.05) is 22.0 Å². The van der Waals surface area contributed by atoms with E-state index in [2.05, 4.69) is 27.0 Å². The molecule has 1 aliphatic heterocycles. The van der Waals surface area contributed by atoms with Crippen LogP contribution in [0.25, 0.3) is 0 Å². The average molecular weight is 479 g/mol. The van der Waals surface area contributed by atoms with Gasteiger partial charge < -0.3 is 19.8 Å². The standard InChI is InChI=1S/C23H19BrN4O3/c1-13-8-19-21(23(29)28(13)12-14-4-3-7-27-11-14)20(17(10-25)22(26)31-19)16-9-15(24)5-6-18(16)30-2/h3-9,11,20H,12,26H2,1-2H3. The first-order valence-corrected chi connectivity index (χ1v) is 10.3. The minimum atomic E-state index is -0.727. The number of allylic oxidation sites excluding steroid dienone is 1. The predicted molar refractivity (Wildman–Crippen MR) is 119 cm³/mol. The number of nitrogens with zero attached hydrogens (tertiary/aromatic N) is 3. The molecular weight excluding hydrogens is 460 g/mol. The van der Waals surface area contributed by atoms with Crippen molar-refractivity contribution in [1.29, 1.82) is 5.26 Å². The average Bonchev–Trinajstić information content (AvgIpc) is 2.76. The molecule has 3 heterocycles. The van der Waals surface area contributed by atoms with E-state index in [4.69, 9.17) is 15.2 Å². The fourth-order valence-corrected chi connectivity index (χ4v) is 4.18. The molecule has 1 atom stereocenters. The Bertz CT molecular complexity index is 1290. The van der Waals surface area contributed by atoms with E-state index in [0.717, 1.165) is 10.0 Å². The maximum Gasteiger partial charge on any atom is 0.259 e. The molecule has 1 aliphatic rings. The van der Waals surface area contributed by atoms with Crippen molar-refractivity contribution in [2.45, 2.75) is 19.4 Å². The number of nitrogens with two attached hydrogens (primary N) is 1. The zero-order valence-corrected chi connectivity index (χ0v) is 18.5. The quantitative estimate of drug-likeness (QED) is 0.614. The van der Waals surface area contributed by atoms with Crippen LogP contribution in [0.15, 0.2) is 69.5 Å². The number of halogens is 1. The van der Waals surface area contributed by atoms with Gasteiger partial charge in [0.2, 0.25) is 5.88 Å². The molecule has 0 amide bonds. The van der Waals surface area contributed by atoms with Crippen molar-refractivity contribution in [3.05, 3.63) is 97.5 Å². The fourth-order valence-electron chi connectivity index (χ4n) is 3.80. The summed E-state index contributed by atoms with van der Waals surface area (Å²) in [6.45, 7) is 2.17. The Morgan fingerprint density at radius 3 is 2.84 bits per heavy atom. The van der Waals surface area contributed by atoms with Gasteiger partial charge in [-0.15, -0.1) is 0 Å². The first kappa shape index (κ1) is 20.7. The van der Waals surface area contributed by atoms with Crippen molar-refractivity contribution in [3.8, 4) is 17.6 Å². The van der Waals surface area contributed by atoms with E-state index < -0.39 is 5.92 Å². The van der Waals surface area contributed by atoms with Crippen molar-refractivity contribution < 1.29 is 9.47 Å². The Morgan fingerprint density at radius 1 is 1.35 bits per heavy atom. The topological polar surface area (TPSA) is 103 Å². The molecule has 0 aliphatic carbocycles. The van der Waals surface area contributed by atoms with Gasteiger partial charge in [0.05, 0.1) is 25.1 Å². The molecule has 156 valence electrons. The minimum Gasteiger partial charge on any atom is -0.496 e. The number of nitriles is 1. The Labute approximate surface area is 187 Å². The lowest BCUT2D eigenvalue weighted by Crippen LogP contribution is -2.33. The van der Waals surface area contributed by atoms with E-state index >= 15 is 0 Å². The third kappa shape index (κ3) is 3.68. The maximum atomic E-state index is 13.7. The van der Waals surface area contributed by atoms with Crippen LogP contribution in [0, 0.1) is 18.3 Å². The number of ether oxygens (including phenoxy) is 2. The Balaban J connectivity index is 1.98. The Hall–Kier alpha value is -3.57. The highest BCUT2D eigenvalue weighted by Gasteiger charge is 2.36. The van der Waals surface area contributed by atoms with E-state index in [1.807, 2.05) is 31.2 Å². The van der Waals surface area contributed by atoms with Gasteiger partial charge in [0.15, 0.2) is 0 Å². The molecule has 0 radical (unpaired) electrons. The lowest BCUT2D eigenvalue weighted by Gasteiger charge is -2.28. The number of benzene rings is 1. The van der Waals surface area contributed by atoms with Crippen LogP contribution < -0.4 is 20.8 Å². The summed E-state index contributed by atoms with van der Waals surface area (Å²) in [6.07, 6.45) is 3.40. The summed E-state index contributed by atoms with van der Waals surface area (Å²) in [6, 6.07) is 13.1. The fraction of sp³-hybridized carbons (Fsp3) is 0.174. The molecule has 31 heavy (non-hydrogen) atoms. The van der Waals surface area contributed by atoms with Gasteiger partial charge in [-0.25, -0.2) is 0 Å². The molecule has 4 rings (SSSR count). The summed E-state index contributed by atoms with van der Waals surface area (Å²) >= 11 is 3.47. The molecule has 0 saturated heterocycles. The zero-order chi connectivity index (χ0) is 22.1. The van der Waals surface area contributed by atoms with Gasteiger partial charge in [0.25, 0.3) is 5.56 Å². The normalized spacial score (nSPS) is 15.1. The van der Waals surface area contributed by atoms with Gasteiger partial charge in [-0.2, -0.15) is 5.26 Å². The molecule has 1 aromatic carbocycles. The second-order valence-corrected chi connectivity index (χ2v) is 8.04. The molecule has 7 nitrogen and oxygen atoms in total. The molecule has 0 saturated carbocycles. The highest BCUT2D eigenvalue weighted by Crippen LogP contribution is 2.44. The summed E-state index contributed by atoms with van der Waals surface area (Å²) in [5.41, 5.74) is 8.58. The van der Waals surface area contributed by atoms with Gasteiger partial charge in [0.1, 0.15) is 23.1 Å². The SMILES string of the molecule is COc1ccc(Br)cc1C1C(C#N)=C(N)Oc2cc(C)n(Cc3cccnc3)c(=O)c21. The molecule has 0 spiro atoms. The van der Waals surface area contributed by atoms with Gasteiger partial charge in [-0.05, 0) is 36.8 Å². The zero-order valence-electron chi connectivity index (χ0n) is 16.9. The number of hydrogen-bond donors (Lipinski definition) is 1. The van der Waals surface area contributed by atoms with Crippen LogP contribution in [0.2, 0.25) is 0 Å². The van der Waals surface area contributed by atoms with Crippen LogP contribution in [0.1, 0.15) is 28.3 Å². The van der Waals surface area contributed by atoms with Crippen LogP contribution in [0.3, 0.4) is 0 Å². The van der Waals surface area contributed by atoms with Crippen LogP contribution in [0.4, 0.5) is 0 Å². The first-order valence-electron chi connectivity index (χ1n) is 9.48. The van der Waals surface area contributed by atoms with Crippen molar-refractivity contribution in [2.24, 2.45) is 5.73 Å². The molecule has 1 unspecified atom stereocenters. The van der Waals surface area contributed by atoms with E-state index in [0.29, 0.717) is 34.9 Å². The largest absolute Gasteiger partial charge is 0.496 e. The van der Waals surface area contributed by atoms with Crippen LogP contribution in [-0.2, 0) is 6.54 Å². The first-order chi connectivity index (χ1) is 14.9. The number of aromatic nitrogens is 2. The highest BCUT2D eigenvalue weighted by molar-refractivity contribution is 9.10. The van der Waals surface area contributed by atoms with E-state index in [1.54, 1.807) is 36.2 Å². The number of hydrogen-bond acceptors (Lipinski definition) is 6. The molecular formula is C23H19BrN4O3. The number of fused-ring (bicyclic) bond motifs is 1. The number of rotatable bonds is 4. The summed E-state index contributed by atoms with van der Waals surface area (Å²) in [5, 5.41) is 9.86. The van der Waals surface area contributed by atoms with Crippen LogP contribution in [-0.4, -0.2) is 16.7 Å².